The number of rotatable bonds is 10. The largest absolute Gasteiger partial charge is 0.493 e. The zero-order chi connectivity index (χ0) is 21.5. The third-order valence-electron chi connectivity index (χ3n) is 4.80. The van der Waals surface area contributed by atoms with Gasteiger partial charge in [0.05, 0.1) is 19.2 Å². The third kappa shape index (κ3) is 5.55. The van der Waals surface area contributed by atoms with Gasteiger partial charge in [-0.15, -0.1) is 0 Å². The molecule has 0 saturated carbocycles. The van der Waals surface area contributed by atoms with Crippen LogP contribution < -0.4 is 9.47 Å². The lowest BCUT2D eigenvalue weighted by molar-refractivity contribution is -0.491. The van der Waals surface area contributed by atoms with Crippen molar-refractivity contribution in [3.05, 3.63) is 34.5 Å². The molecule has 3 rings (SSSR count). The smallest absolute Gasteiger partial charge is 0.283 e. The summed E-state index contributed by atoms with van der Waals surface area (Å²) in [6, 6.07) is 5.69. The van der Waals surface area contributed by atoms with Crippen molar-refractivity contribution in [2.75, 3.05) is 39.9 Å². The standard InChI is InChI=1S/C20H26N4O4S2/c1-4-23(5-2)9-6-10-28-17-12-15-14(11-16(17)27-3)18(7-8-21-15)29-20-22-13-19(30-20)24(25)26/h7-8,11-12,19H,4-6,9-10,13H2,1-3H3. The van der Waals surface area contributed by atoms with E-state index in [0.29, 0.717) is 22.5 Å². The van der Waals surface area contributed by atoms with Gasteiger partial charge in [0.1, 0.15) is 10.9 Å². The second-order valence-corrected chi connectivity index (χ2v) is 9.08. The van der Waals surface area contributed by atoms with Gasteiger partial charge in [0.25, 0.3) is 5.37 Å². The minimum absolute atomic E-state index is 0.206. The minimum Gasteiger partial charge on any atom is -0.493 e. The van der Waals surface area contributed by atoms with E-state index in [1.165, 1.54) is 23.5 Å². The van der Waals surface area contributed by atoms with E-state index >= 15 is 0 Å². The van der Waals surface area contributed by atoms with E-state index in [4.69, 9.17) is 9.47 Å². The molecule has 1 aliphatic heterocycles. The van der Waals surface area contributed by atoms with Gasteiger partial charge in [0.2, 0.25) is 0 Å². The lowest BCUT2D eigenvalue weighted by Gasteiger charge is -2.18. The highest BCUT2D eigenvalue weighted by molar-refractivity contribution is 8.39. The van der Waals surface area contributed by atoms with Gasteiger partial charge in [-0.05, 0) is 43.4 Å². The van der Waals surface area contributed by atoms with Crippen LogP contribution in [0.15, 0.2) is 34.3 Å². The van der Waals surface area contributed by atoms with Crippen LogP contribution in [0, 0.1) is 10.1 Å². The summed E-state index contributed by atoms with van der Waals surface area (Å²) in [5.41, 5.74) is 0.786. The van der Waals surface area contributed by atoms with Crippen molar-refractivity contribution in [2.45, 2.75) is 30.5 Å². The second-order valence-electron chi connectivity index (χ2n) is 6.62. The molecule has 0 radical (unpaired) electrons. The molecule has 0 N–H and O–H groups in total. The van der Waals surface area contributed by atoms with Crippen LogP contribution in [-0.4, -0.2) is 64.5 Å². The van der Waals surface area contributed by atoms with Gasteiger partial charge in [0, 0.05) is 34.0 Å². The van der Waals surface area contributed by atoms with Crippen LogP contribution in [-0.2, 0) is 0 Å². The number of nitrogens with zero attached hydrogens (tertiary/aromatic N) is 4. The van der Waals surface area contributed by atoms with Gasteiger partial charge >= 0.3 is 0 Å². The number of ether oxygens (including phenoxy) is 2. The van der Waals surface area contributed by atoms with Crippen molar-refractivity contribution in [2.24, 2.45) is 4.99 Å². The number of aromatic nitrogens is 1. The Morgan fingerprint density at radius 3 is 2.80 bits per heavy atom. The summed E-state index contributed by atoms with van der Waals surface area (Å²) in [6.45, 7) is 8.18. The van der Waals surface area contributed by atoms with Gasteiger partial charge in [-0.1, -0.05) is 25.6 Å². The fraction of sp³-hybridized carbons (Fsp3) is 0.500. The highest BCUT2D eigenvalue weighted by Gasteiger charge is 2.29. The average Bonchev–Trinajstić information content (AvgIpc) is 3.22. The first-order chi connectivity index (χ1) is 14.5. The average molecular weight is 451 g/mol. The summed E-state index contributed by atoms with van der Waals surface area (Å²) in [4.78, 5) is 22.7. The number of benzene rings is 1. The number of nitro groups is 1. The van der Waals surface area contributed by atoms with E-state index < -0.39 is 5.37 Å². The highest BCUT2D eigenvalue weighted by Crippen LogP contribution is 2.39. The SMILES string of the molecule is CCN(CC)CCCOc1cc2nccc(SC3=NCC([N+](=O)[O-])S3)c2cc1OC. The molecule has 1 unspecified atom stereocenters. The van der Waals surface area contributed by atoms with E-state index in [1.807, 2.05) is 18.2 Å². The number of hydrogen-bond acceptors (Lipinski definition) is 9. The quantitative estimate of drug-likeness (QED) is 0.303. The molecule has 2 aromatic rings. The second kappa shape index (κ2) is 10.8. The number of pyridine rings is 1. The first-order valence-electron chi connectivity index (χ1n) is 9.90. The molecule has 162 valence electrons. The Labute approximate surface area is 184 Å². The van der Waals surface area contributed by atoms with Crippen LogP contribution in [0.2, 0.25) is 0 Å². The summed E-state index contributed by atoms with van der Waals surface area (Å²) in [5.74, 6) is 1.31. The van der Waals surface area contributed by atoms with E-state index in [9.17, 15) is 10.1 Å². The molecule has 0 fully saturated rings. The summed E-state index contributed by atoms with van der Waals surface area (Å²) in [7, 11) is 1.62. The Bertz CT molecular complexity index is 921. The molecule has 30 heavy (non-hydrogen) atoms. The summed E-state index contributed by atoms with van der Waals surface area (Å²) < 4.78 is 12.2. The predicted molar refractivity (Wildman–Crippen MR) is 123 cm³/mol. The van der Waals surface area contributed by atoms with Crippen LogP contribution in [0.1, 0.15) is 20.3 Å². The molecular weight excluding hydrogens is 424 g/mol. The first-order valence-corrected chi connectivity index (χ1v) is 11.6. The van der Waals surface area contributed by atoms with Gasteiger partial charge in [0.15, 0.2) is 11.5 Å². The fourth-order valence-electron chi connectivity index (χ4n) is 3.10. The van der Waals surface area contributed by atoms with Crippen molar-refractivity contribution in [1.29, 1.82) is 0 Å². The van der Waals surface area contributed by atoms with E-state index in [-0.39, 0.29) is 11.5 Å². The van der Waals surface area contributed by atoms with E-state index in [1.54, 1.807) is 13.3 Å². The molecule has 1 aromatic carbocycles. The monoisotopic (exact) mass is 450 g/mol. The molecule has 0 amide bonds. The molecule has 0 saturated heterocycles. The molecular formula is C20H26N4O4S2. The Morgan fingerprint density at radius 1 is 1.33 bits per heavy atom. The topological polar surface area (TPSA) is 90.1 Å². The molecule has 1 atom stereocenters. The lowest BCUT2D eigenvalue weighted by atomic mass is 10.2. The fourth-order valence-corrected chi connectivity index (χ4v) is 5.25. The van der Waals surface area contributed by atoms with Gasteiger partial charge in [-0.25, -0.2) is 0 Å². The Kier molecular flexibility index (Phi) is 8.17. The number of fused-ring (bicyclic) bond motifs is 1. The predicted octanol–water partition coefficient (Wildman–Crippen LogP) is 4.15. The van der Waals surface area contributed by atoms with E-state index in [2.05, 4.69) is 28.7 Å². The maximum atomic E-state index is 11.0. The van der Waals surface area contributed by atoms with Crippen molar-refractivity contribution in [1.82, 2.24) is 9.88 Å². The van der Waals surface area contributed by atoms with E-state index in [0.717, 1.165) is 41.9 Å². The number of aliphatic imine (C=N–C) groups is 1. The van der Waals surface area contributed by atoms with Gasteiger partial charge < -0.3 is 14.4 Å². The van der Waals surface area contributed by atoms with Crippen LogP contribution in [0.4, 0.5) is 0 Å². The Morgan fingerprint density at radius 2 is 2.13 bits per heavy atom. The van der Waals surface area contributed by atoms with Crippen LogP contribution in [0.5, 0.6) is 11.5 Å². The van der Waals surface area contributed by atoms with Crippen LogP contribution >= 0.6 is 23.5 Å². The van der Waals surface area contributed by atoms with Gasteiger partial charge in [-0.2, -0.15) is 0 Å². The number of methoxy groups -OCH3 is 1. The van der Waals surface area contributed by atoms with Crippen LogP contribution in [0.3, 0.4) is 0 Å². The maximum Gasteiger partial charge on any atom is 0.283 e. The minimum atomic E-state index is -0.702. The maximum absolute atomic E-state index is 11.0. The molecule has 1 aliphatic rings. The molecule has 1 aromatic heterocycles. The number of thioether (sulfide) groups is 2. The molecule has 8 nitrogen and oxygen atoms in total. The third-order valence-corrected chi connectivity index (χ3v) is 7.15. The van der Waals surface area contributed by atoms with Crippen molar-refractivity contribution in [3.8, 4) is 11.5 Å². The Hall–Kier alpha value is -2.04. The van der Waals surface area contributed by atoms with Gasteiger partial charge in [-0.3, -0.25) is 20.1 Å². The number of hydrogen-bond donors (Lipinski definition) is 0. The summed E-state index contributed by atoms with van der Waals surface area (Å²) >= 11 is 2.61. The highest BCUT2D eigenvalue weighted by atomic mass is 32.2. The normalized spacial score (nSPS) is 16.1. The lowest BCUT2D eigenvalue weighted by Crippen LogP contribution is -2.25. The first kappa shape index (κ1) is 22.6. The summed E-state index contributed by atoms with van der Waals surface area (Å²) in [6.07, 6.45) is 2.66. The zero-order valence-corrected chi connectivity index (χ0v) is 19.0. The van der Waals surface area contributed by atoms with Crippen molar-refractivity contribution >= 4 is 38.8 Å². The molecule has 2 heterocycles. The van der Waals surface area contributed by atoms with Crippen molar-refractivity contribution in [3.63, 3.8) is 0 Å². The molecule has 0 aliphatic carbocycles. The Balaban J connectivity index is 1.73. The summed E-state index contributed by atoms with van der Waals surface area (Å²) in [5, 5.41) is 11.2. The van der Waals surface area contributed by atoms with Crippen LogP contribution in [0.25, 0.3) is 10.9 Å². The molecule has 0 bridgehead atoms. The zero-order valence-electron chi connectivity index (χ0n) is 17.4. The molecule has 0 spiro atoms. The van der Waals surface area contributed by atoms with Crippen molar-refractivity contribution < 1.29 is 14.4 Å². The molecule has 10 heteroatoms.